The summed E-state index contributed by atoms with van der Waals surface area (Å²) in [5.74, 6) is 0.572. The van der Waals surface area contributed by atoms with Crippen LogP contribution in [0.4, 0.5) is 5.69 Å². The Morgan fingerprint density at radius 1 is 1.19 bits per heavy atom. The maximum Gasteiger partial charge on any atom is 0.0394 e. The van der Waals surface area contributed by atoms with Crippen molar-refractivity contribution in [2.45, 2.75) is 39.2 Å². The van der Waals surface area contributed by atoms with E-state index in [1.54, 1.807) is 0 Å². The van der Waals surface area contributed by atoms with E-state index < -0.39 is 0 Å². The lowest BCUT2D eigenvalue weighted by molar-refractivity contribution is 0.734. The quantitative estimate of drug-likeness (QED) is 0.845. The molecule has 1 aromatic carbocycles. The van der Waals surface area contributed by atoms with Crippen molar-refractivity contribution in [1.82, 2.24) is 0 Å². The summed E-state index contributed by atoms with van der Waals surface area (Å²) < 4.78 is 0. The zero-order valence-corrected chi connectivity index (χ0v) is 11.1. The Kier molecular flexibility index (Phi) is 4.36. The van der Waals surface area contributed by atoms with Crippen molar-refractivity contribution >= 4 is 5.69 Å². The topological polar surface area (TPSA) is 29.3 Å². The van der Waals surface area contributed by atoms with Gasteiger partial charge in [-0.3, -0.25) is 0 Å². The summed E-state index contributed by atoms with van der Waals surface area (Å²) >= 11 is 0. The van der Waals surface area contributed by atoms with Gasteiger partial charge in [-0.15, -0.1) is 0 Å². The summed E-state index contributed by atoms with van der Waals surface area (Å²) in [5, 5.41) is 0. The second kappa shape index (κ2) is 5.35. The molecule has 0 fully saturated rings. The summed E-state index contributed by atoms with van der Waals surface area (Å²) in [5.41, 5.74) is 9.92. The van der Waals surface area contributed by atoms with Gasteiger partial charge in [-0.05, 0) is 36.5 Å². The van der Waals surface area contributed by atoms with Gasteiger partial charge in [-0.1, -0.05) is 26.0 Å². The van der Waals surface area contributed by atoms with Crippen molar-refractivity contribution in [3.63, 3.8) is 0 Å². The number of benzene rings is 1. The van der Waals surface area contributed by atoms with Crippen molar-refractivity contribution in [3.05, 3.63) is 29.3 Å². The normalized spacial score (nSPS) is 12.9. The van der Waals surface area contributed by atoms with Gasteiger partial charge >= 0.3 is 0 Å². The van der Waals surface area contributed by atoms with Crippen LogP contribution >= 0.6 is 0 Å². The van der Waals surface area contributed by atoms with E-state index in [2.05, 4.69) is 58.0 Å². The molecule has 0 aliphatic heterocycles. The highest BCUT2D eigenvalue weighted by Crippen LogP contribution is 2.25. The van der Waals surface area contributed by atoms with E-state index in [0.29, 0.717) is 5.92 Å². The maximum atomic E-state index is 5.90. The average molecular weight is 220 g/mol. The molecule has 2 N–H and O–H groups in total. The Morgan fingerprint density at radius 3 is 2.25 bits per heavy atom. The molecule has 90 valence electrons. The smallest absolute Gasteiger partial charge is 0.0394 e. The lowest BCUT2D eigenvalue weighted by Gasteiger charge is -2.20. The third-order valence-corrected chi connectivity index (χ3v) is 2.79. The first-order valence-corrected chi connectivity index (χ1v) is 5.97. The van der Waals surface area contributed by atoms with E-state index in [9.17, 15) is 0 Å². The van der Waals surface area contributed by atoms with Gasteiger partial charge in [0.15, 0.2) is 0 Å². The first-order valence-electron chi connectivity index (χ1n) is 5.97. The molecular formula is C14H24N2. The fourth-order valence-electron chi connectivity index (χ4n) is 1.91. The number of nitrogens with two attached hydrogens (primary N) is 1. The number of nitrogens with zero attached hydrogens (tertiary/aromatic N) is 1. The Morgan fingerprint density at radius 2 is 1.81 bits per heavy atom. The molecule has 1 aromatic rings. The van der Waals surface area contributed by atoms with Gasteiger partial charge in [-0.2, -0.15) is 0 Å². The minimum atomic E-state index is 0.209. The molecule has 0 amide bonds. The van der Waals surface area contributed by atoms with Crippen LogP contribution in [0.1, 0.15) is 37.8 Å². The fraction of sp³-hybridized carbons (Fsp3) is 0.571. The molecule has 1 rings (SSSR count). The monoisotopic (exact) mass is 220 g/mol. The molecule has 0 heterocycles. The zero-order chi connectivity index (χ0) is 12.3. The third kappa shape index (κ3) is 3.24. The number of rotatable bonds is 4. The van der Waals surface area contributed by atoms with E-state index in [0.717, 1.165) is 6.42 Å². The maximum absolute atomic E-state index is 5.90. The number of hydrogen-bond acceptors (Lipinski definition) is 2. The molecule has 0 aromatic heterocycles. The lowest BCUT2D eigenvalue weighted by Crippen LogP contribution is -2.20. The molecule has 1 unspecified atom stereocenters. The molecule has 0 saturated heterocycles. The Balaban J connectivity index is 3.10. The van der Waals surface area contributed by atoms with Crippen molar-refractivity contribution in [3.8, 4) is 0 Å². The molecule has 0 saturated carbocycles. The van der Waals surface area contributed by atoms with Crippen molar-refractivity contribution in [2.24, 2.45) is 5.73 Å². The molecule has 16 heavy (non-hydrogen) atoms. The summed E-state index contributed by atoms with van der Waals surface area (Å²) in [6.07, 6.45) is 0.939. The molecule has 0 aliphatic carbocycles. The highest BCUT2D eigenvalue weighted by atomic mass is 15.1. The summed E-state index contributed by atoms with van der Waals surface area (Å²) in [7, 11) is 4.16. The molecule has 0 radical (unpaired) electrons. The van der Waals surface area contributed by atoms with E-state index in [1.165, 1.54) is 16.8 Å². The number of anilines is 1. The Bertz CT molecular complexity index is 341. The molecular weight excluding hydrogens is 196 g/mol. The summed E-state index contributed by atoms with van der Waals surface area (Å²) in [6, 6.07) is 6.92. The Hall–Kier alpha value is -1.02. The molecule has 1 atom stereocenters. The van der Waals surface area contributed by atoms with E-state index in [-0.39, 0.29) is 6.04 Å². The average Bonchev–Trinajstić information content (AvgIpc) is 2.15. The Labute approximate surface area is 99.5 Å². The molecule has 2 nitrogen and oxygen atoms in total. The van der Waals surface area contributed by atoms with Crippen LogP contribution in [-0.2, 0) is 6.42 Å². The lowest BCUT2D eigenvalue weighted by atomic mass is 9.96. The second-order valence-corrected chi connectivity index (χ2v) is 5.12. The fourth-order valence-corrected chi connectivity index (χ4v) is 1.91. The van der Waals surface area contributed by atoms with Crippen LogP contribution in [-0.4, -0.2) is 20.1 Å². The largest absolute Gasteiger partial charge is 0.377 e. The number of hydrogen-bond donors (Lipinski definition) is 1. The van der Waals surface area contributed by atoms with Crippen LogP contribution in [0.2, 0.25) is 0 Å². The first-order chi connectivity index (χ1) is 7.41. The molecule has 0 aliphatic rings. The van der Waals surface area contributed by atoms with Gasteiger partial charge in [-0.25, -0.2) is 0 Å². The van der Waals surface area contributed by atoms with Crippen LogP contribution in [0.5, 0.6) is 0 Å². The van der Waals surface area contributed by atoms with Crippen LogP contribution < -0.4 is 10.6 Å². The van der Waals surface area contributed by atoms with Crippen LogP contribution in [0.3, 0.4) is 0 Å². The minimum Gasteiger partial charge on any atom is -0.377 e. The van der Waals surface area contributed by atoms with E-state index in [4.69, 9.17) is 5.73 Å². The zero-order valence-electron chi connectivity index (χ0n) is 11.1. The van der Waals surface area contributed by atoms with E-state index in [1.807, 2.05) is 0 Å². The highest BCUT2D eigenvalue weighted by Gasteiger charge is 2.09. The van der Waals surface area contributed by atoms with Gasteiger partial charge in [0.1, 0.15) is 0 Å². The highest BCUT2D eigenvalue weighted by molar-refractivity contribution is 5.54. The minimum absolute atomic E-state index is 0.209. The predicted octanol–water partition coefficient (Wildman–Crippen LogP) is 2.77. The predicted molar refractivity (Wildman–Crippen MR) is 72.2 cm³/mol. The van der Waals surface area contributed by atoms with Gasteiger partial charge in [0, 0.05) is 25.8 Å². The van der Waals surface area contributed by atoms with Crippen molar-refractivity contribution < 1.29 is 0 Å². The van der Waals surface area contributed by atoms with Crippen molar-refractivity contribution in [2.75, 3.05) is 19.0 Å². The van der Waals surface area contributed by atoms with Gasteiger partial charge in [0.2, 0.25) is 0 Å². The second-order valence-electron chi connectivity index (χ2n) is 5.12. The van der Waals surface area contributed by atoms with Crippen molar-refractivity contribution in [1.29, 1.82) is 0 Å². The first kappa shape index (κ1) is 13.0. The summed E-state index contributed by atoms with van der Waals surface area (Å²) in [4.78, 5) is 2.15. The molecule has 0 bridgehead atoms. The van der Waals surface area contributed by atoms with Gasteiger partial charge in [0.05, 0.1) is 0 Å². The standard InChI is InChI=1S/C14H24N2/c1-10(2)12-6-7-14(16(4)5)13(9-12)8-11(3)15/h6-7,9-11H,8,15H2,1-5H3. The van der Waals surface area contributed by atoms with Crippen LogP contribution in [0, 0.1) is 0 Å². The van der Waals surface area contributed by atoms with Gasteiger partial charge in [0.25, 0.3) is 0 Å². The molecule has 0 spiro atoms. The van der Waals surface area contributed by atoms with E-state index >= 15 is 0 Å². The van der Waals surface area contributed by atoms with Crippen LogP contribution in [0.25, 0.3) is 0 Å². The van der Waals surface area contributed by atoms with Crippen LogP contribution in [0.15, 0.2) is 18.2 Å². The third-order valence-electron chi connectivity index (χ3n) is 2.79. The molecule has 2 heteroatoms. The SMILES string of the molecule is CC(N)Cc1cc(C(C)C)ccc1N(C)C. The van der Waals surface area contributed by atoms with Gasteiger partial charge < -0.3 is 10.6 Å². The summed E-state index contributed by atoms with van der Waals surface area (Å²) in [6.45, 7) is 6.50.